The van der Waals surface area contributed by atoms with Gasteiger partial charge in [0.05, 0.1) is 24.0 Å². The molecule has 1 aliphatic heterocycles. The summed E-state index contributed by atoms with van der Waals surface area (Å²) >= 11 is 0. The first-order chi connectivity index (χ1) is 15.8. The molecule has 1 aromatic carbocycles. The molecule has 1 aromatic heterocycles. The maximum atomic E-state index is 14.9. The number of carbonyl (C=O) groups is 2. The Morgan fingerprint density at radius 1 is 1.36 bits per heavy atom. The number of anilines is 1. The monoisotopic (exact) mass is 477 g/mol. The van der Waals surface area contributed by atoms with Crippen LogP contribution < -0.4 is 15.2 Å². The van der Waals surface area contributed by atoms with E-state index in [1.54, 1.807) is 0 Å². The van der Waals surface area contributed by atoms with Gasteiger partial charge in [0.1, 0.15) is 23.4 Å². The van der Waals surface area contributed by atoms with E-state index in [2.05, 4.69) is 14.8 Å². The Labute approximate surface area is 189 Å². The largest absolute Gasteiger partial charge is 0.474 e. The molecule has 0 fully saturated rings. The van der Waals surface area contributed by atoms with Gasteiger partial charge in [0.2, 0.25) is 5.88 Å². The molecular formula is C21H24FN5O5S. The van der Waals surface area contributed by atoms with E-state index in [1.165, 1.54) is 10.9 Å². The van der Waals surface area contributed by atoms with Crippen molar-refractivity contribution >= 4 is 27.4 Å². The Morgan fingerprint density at radius 2 is 2.15 bits per heavy atom. The fraction of sp³-hybridized carbons (Fsp3) is 0.476. The molecule has 0 saturated heterocycles. The number of nitrogens with zero attached hydrogens (tertiary/aromatic N) is 3. The number of nitrogens with two attached hydrogens (primary N) is 1. The second kappa shape index (κ2) is 8.19. The van der Waals surface area contributed by atoms with E-state index in [1.807, 2.05) is 6.92 Å². The van der Waals surface area contributed by atoms with Gasteiger partial charge in [-0.15, -0.1) is 4.36 Å². The van der Waals surface area contributed by atoms with Crippen LogP contribution in [-0.4, -0.2) is 45.1 Å². The van der Waals surface area contributed by atoms with Crippen molar-refractivity contribution in [2.75, 3.05) is 18.5 Å². The van der Waals surface area contributed by atoms with E-state index in [9.17, 15) is 18.2 Å². The molecule has 10 nitrogen and oxygen atoms in total. The lowest BCUT2D eigenvalue weighted by Crippen LogP contribution is -2.33. The lowest BCUT2D eigenvalue weighted by molar-refractivity contribution is -0.00758. The van der Waals surface area contributed by atoms with E-state index in [4.69, 9.17) is 14.6 Å². The Kier molecular flexibility index (Phi) is 5.46. The number of halogens is 1. The van der Waals surface area contributed by atoms with Crippen LogP contribution in [0.25, 0.3) is 0 Å². The summed E-state index contributed by atoms with van der Waals surface area (Å²) in [6, 6.07) is -0.937. The molecule has 3 N–H and O–H groups in total. The maximum Gasteiger partial charge on any atom is 0.354 e. The summed E-state index contributed by atoms with van der Waals surface area (Å²) in [5, 5.41) is 12.7. The van der Waals surface area contributed by atoms with Crippen LogP contribution in [0.1, 0.15) is 46.8 Å². The molecule has 2 heterocycles. The zero-order valence-corrected chi connectivity index (χ0v) is 18.9. The predicted octanol–water partition coefficient (Wildman–Crippen LogP) is 2.37. The molecule has 176 valence electrons. The van der Waals surface area contributed by atoms with Gasteiger partial charge in [-0.05, 0) is 49.3 Å². The Bertz CT molecular complexity index is 1300. The molecule has 0 spiro atoms. The zero-order chi connectivity index (χ0) is 23.3. The van der Waals surface area contributed by atoms with Crippen molar-refractivity contribution < 1.29 is 27.7 Å². The summed E-state index contributed by atoms with van der Waals surface area (Å²) in [6.07, 6.45) is 3.39. The minimum Gasteiger partial charge on any atom is -0.474 e. The summed E-state index contributed by atoms with van der Waals surface area (Å²) < 4.78 is 44.4. The van der Waals surface area contributed by atoms with Crippen LogP contribution in [-0.2, 0) is 40.5 Å². The molecule has 5 rings (SSSR count). The quantitative estimate of drug-likeness (QED) is 0.693. The smallest absolute Gasteiger partial charge is 0.354 e. The fourth-order valence-corrected chi connectivity index (χ4v) is 5.80. The summed E-state index contributed by atoms with van der Waals surface area (Å²) in [5.74, 6) is -0.572. The summed E-state index contributed by atoms with van der Waals surface area (Å²) in [5.41, 5.74) is 2.03. The van der Waals surface area contributed by atoms with E-state index in [0.717, 1.165) is 6.42 Å². The summed E-state index contributed by atoms with van der Waals surface area (Å²) in [4.78, 5) is 25.0. The number of amides is 2. The number of hydrogen-bond donors (Lipinski definition) is 2. The first-order valence-electron chi connectivity index (χ1n) is 10.9. The van der Waals surface area contributed by atoms with E-state index in [-0.39, 0.29) is 41.3 Å². The molecule has 2 aliphatic carbocycles. The summed E-state index contributed by atoms with van der Waals surface area (Å²) in [6.45, 7) is 3.02. The molecule has 0 saturated carbocycles. The van der Waals surface area contributed by atoms with Gasteiger partial charge in [0.25, 0.3) is 0 Å². The Morgan fingerprint density at radius 3 is 2.94 bits per heavy atom. The van der Waals surface area contributed by atoms with Crippen molar-refractivity contribution in [1.82, 2.24) is 9.78 Å². The topological polar surface area (TPSA) is 138 Å². The van der Waals surface area contributed by atoms with Crippen molar-refractivity contribution in [2.24, 2.45) is 9.50 Å². The van der Waals surface area contributed by atoms with Crippen molar-refractivity contribution in [3.63, 3.8) is 0 Å². The van der Waals surface area contributed by atoms with Gasteiger partial charge in [-0.2, -0.15) is 5.10 Å². The van der Waals surface area contributed by atoms with Crippen LogP contribution in [0.15, 0.2) is 15.5 Å². The number of hydrogen-bond acceptors (Lipinski definition) is 6. The van der Waals surface area contributed by atoms with Crippen LogP contribution >= 0.6 is 0 Å². The van der Waals surface area contributed by atoms with Crippen LogP contribution in [0.5, 0.6) is 5.88 Å². The van der Waals surface area contributed by atoms with E-state index in [0.29, 0.717) is 54.8 Å². The van der Waals surface area contributed by atoms with Gasteiger partial charge in [0.15, 0.2) is 15.7 Å². The molecule has 3 aliphatic rings. The molecule has 2 unspecified atom stereocenters. The number of fused-ring (bicyclic) bond motifs is 3. The van der Waals surface area contributed by atoms with Gasteiger partial charge in [-0.1, -0.05) is 0 Å². The van der Waals surface area contributed by atoms with Crippen molar-refractivity contribution in [1.29, 1.82) is 0 Å². The first-order valence-corrected chi connectivity index (χ1v) is 12.4. The number of carbonyl (C=O) groups excluding carboxylic acids is 2. The van der Waals surface area contributed by atoms with Crippen LogP contribution in [0.2, 0.25) is 0 Å². The summed E-state index contributed by atoms with van der Waals surface area (Å²) in [7, 11) is -3.68. The third-order valence-electron chi connectivity index (χ3n) is 6.20. The van der Waals surface area contributed by atoms with Crippen molar-refractivity contribution in [2.45, 2.75) is 56.6 Å². The Balaban J connectivity index is 1.46. The molecule has 2 aromatic rings. The molecule has 0 radical (unpaired) electrons. The predicted molar refractivity (Wildman–Crippen MR) is 116 cm³/mol. The van der Waals surface area contributed by atoms with Crippen LogP contribution in [0, 0.1) is 5.82 Å². The number of urea groups is 1. The Hall–Kier alpha value is -2.83. The maximum absolute atomic E-state index is 14.9. The standard InChI is InChI=1S/C21H24FN5O5S/c1-2-31-11-9-27-20(32-10-11)16(8-24-27)33(23,30)26-21(29)25-19-13-5-3-4-12(13)18(22)17-14(19)6-7-15(17)28/h8,11H,2-7,9-10H2,1H3,(H3,23,25,26,29,30). The van der Waals surface area contributed by atoms with Gasteiger partial charge in [-0.25, -0.2) is 23.2 Å². The molecule has 12 heteroatoms. The van der Waals surface area contributed by atoms with Crippen molar-refractivity contribution in [3.8, 4) is 5.88 Å². The minimum atomic E-state index is -3.68. The SMILES string of the molecule is CCOC1COc2c(S(N)(=O)=NC(=O)Nc3c4c(c(F)c5c3CCC5=O)CCC4)cnn2C1. The fourth-order valence-electron chi connectivity index (χ4n) is 4.80. The second-order valence-electron chi connectivity index (χ2n) is 8.25. The number of benzene rings is 1. The number of ketones is 1. The second-order valence-corrected chi connectivity index (χ2v) is 10.0. The lowest BCUT2D eigenvalue weighted by atomic mass is 9.97. The minimum absolute atomic E-state index is 0.0114. The first kappa shape index (κ1) is 22.0. The molecule has 2 atom stereocenters. The normalized spacial score (nSPS) is 20.5. The average Bonchev–Trinajstić information content (AvgIpc) is 3.49. The van der Waals surface area contributed by atoms with Crippen molar-refractivity contribution in [3.05, 3.63) is 34.3 Å². The van der Waals surface area contributed by atoms with Crippen LogP contribution in [0.3, 0.4) is 0 Å². The molecular weight excluding hydrogens is 453 g/mol. The third-order valence-corrected chi connectivity index (χ3v) is 7.55. The van der Waals surface area contributed by atoms with Gasteiger partial charge < -0.3 is 14.8 Å². The lowest BCUT2D eigenvalue weighted by Gasteiger charge is -2.24. The van der Waals surface area contributed by atoms with Crippen LogP contribution in [0.4, 0.5) is 14.9 Å². The molecule has 2 amide bonds. The number of ether oxygens (including phenoxy) is 2. The molecule has 33 heavy (non-hydrogen) atoms. The van der Waals surface area contributed by atoms with Gasteiger partial charge >= 0.3 is 6.03 Å². The third kappa shape index (κ3) is 3.71. The molecule has 0 bridgehead atoms. The average molecular weight is 478 g/mol. The highest BCUT2D eigenvalue weighted by Gasteiger charge is 2.34. The van der Waals surface area contributed by atoms with Gasteiger partial charge in [0, 0.05) is 13.0 Å². The van der Waals surface area contributed by atoms with Gasteiger partial charge in [-0.3, -0.25) is 4.79 Å². The number of aromatic nitrogens is 2. The number of Topliss-reactive ketones (excluding diaryl/α,β-unsaturated/α-hetero) is 1. The highest BCUT2D eigenvalue weighted by Crippen LogP contribution is 2.41. The number of nitrogens with one attached hydrogen (secondary N) is 1. The number of rotatable bonds is 4. The zero-order valence-electron chi connectivity index (χ0n) is 18.1. The highest BCUT2D eigenvalue weighted by atomic mass is 32.2. The highest BCUT2D eigenvalue weighted by molar-refractivity contribution is 7.91. The van der Waals surface area contributed by atoms with E-state index >= 15 is 0 Å². The van der Waals surface area contributed by atoms with E-state index < -0.39 is 21.8 Å².